The number of carbonyl (C=O) groups excluding carboxylic acids is 1. The van der Waals surface area contributed by atoms with Gasteiger partial charge in [0, 0.05) is 12.1 Å². The van der Waals surface area contributed by atoms with Gasteiger partial charge in [-0.25, -0.2) is 8.78 Å². The molecular formula is C19H19F2NO3. The Kier molecular flexibility index (Phi) is 6.51. The minimum atomic E-state index is -0.706. The monoisotopic (exact) mass is 347 g/mol. The Balaban J connectivity index is 2.07. The molecule has 0 heterocycles. The summed E-state index contributed by atoms with van der Waals surface area (Å²) in [6, 6.07) is 8.09. The van der Waals surface area contributed by atoms with Gasteiger partial charge in [0.1, 0.15) is 11.6 Å². The molecule has 0 fully saturated rings. The summed E-state index contributed by atoms with van der Waals surface area (Å²) in [4.78, 5) is 11.9. The number of methoxy groups -OCH3 is 1. The van der Waals surface area contributed by atoms with Crippen molar-refractivity contribution in [3.63, 3.8) is 0 Å². The molecule has 132 valence electrons. The Morgan fingerprint density at radius 1 is 1.16 bits per heavy atom. The molecule has 0 spiro atoms. The van der Waals surface area contributed by atoms with Crippen molar-refractivity contribution < 1.29 is 23.0 Å². The summed E-state index contributed by atoms with van der Waals surface area (Å²) in [5, 5.41) is 2.29. The Morgan fingerprint density at radius 2 is 1.96 bits per heavy atom. The molecule has 0 aliphatic rings. The first-order valence-corrected chi connectivity index (χ1v) is 7.78. The molecule has 0 aromatic heterocycles. The fraction of sp³-hybridized carbons (Fsp3) is 0.211. The van der Waals surface area contributed by atoms with Crippen molar-refractivity contribution in [2.75, 3.05) is 19.0 Å². The van der Waals surface area contributed by atoms with Crippen LogP contribution in [0.25, 0.3) is 6.08 Å². The minimum Gasteiger partial charge on any atom is -0.493 e. The van der Waals surface area contributed by atoms with Crippen LogP contribution in [0.15, 0.2) is 42.5 Å². The smallest absolute Gasteiger partial charge is 0.248 e. The molecule has 0 bridgehead atoms. The van der Waals surface area contributed by atoms with Gasteiger partial charge in [-0.2, -0.15) is 0 Å². The predicted octanol–water partition coefficient (Wildman–Crippen LogP) is 4.41. The summed E-state index contributed by atoms with van der Waals surface area (Å²) in [5.74, 6) is -0.745. The van der Waals surface area contributed by atoms with Crippen LogP contribution in [0.2, 0.25) is 0 Å². The van der Waals surface area contributed by atoms with E-state index in [2.05, 4.69) is 5.32 Å². The molecule has 0 saturated heterocycles. The van der Waals surface area contributed by atoms with Gasteiger partial charge in [-0.1, -0.05) is 13.0 Å². The second-order valence-corrected chi connectivity index (χ2v) is 5.21. The zero-order valence-electron chi connectivity index (χ0n) is 14.0. The number of rotatable bonds is 7. The normalized spacial score (nSPS) is 10.7. The maximum atomic E-state index is 13.5. The van der Waals surface area contributed by atoms with Crippen molar-refractivity contribution in [2.24, 2.45) is 0 Å². The molecule has 2 rings (SSSR count). The third-order valence-corrected chi connectivity index (χ3v) is 3.26. The van der Waals surface area contributed by atoms with Crippen molar-refractivity contribution in [3.8, 4) is 11.5 Å². The largest absolute Gasteiger partial charge is 0.493 e. The number of carbonyl (C=O) groups is 1. The van der Waals surface area contributed by atoms with Gasteiger partial charge in [0.05, 0.1) is 19.4 Å². The summed E-state index contributed by atoms with van der Waals surface area (Å²) >= 11 is 0. The minimum absolute atomic E-state index is 0.212. The molecule has 2 aromatic rings. The van der Waals surface area contributed by atoms with Crippen molar-refractivity contribution in [1.82, 2.24) is 0 Å². The number of benzene rings is 2. The number of anilines is 1. The average Bonchev–Trinajstić information content (AvgIpc) is 2.61. The zero-order chi connectivity index (χ0) is 18.2. The Bertz CT molecular complexity index is 775. The molecule has 0 atom stereocenters. The summed E-state index contributed by atoms with van der Waals surface area (Å²) in [6.45, 7) is 2.58. The molecule has 0 radical (unpaired) electrons. The van der Waals surface area contributed by atoms with E-state index in [1.165, 1.54) is 13.2 Å². The third-order valence-electron chi connectivity index (χ3n) is 3.26. The number of halogens is 2. The predicted molar refractivity (Wildman–Crippen MR) is 92.8 cm³/mol. The summed E-state index contributed by atoms with van der Waals surface area (Å²) in [5.41, 5.74) is 0.492. The molecule has 0 unspecified atom stereocenters. The van der Waals surface area contributed by atoms with Gasteiger partial charge in [-0.15, -0.1) is 0 Å². The fourth-order valence-electron chi connectivity index (χ4n) is 2.06. The molecular weight excluding hydrogens is 328 g/mol. The van der Waals surface area contributed by atoms with E-state index in [-0.39, 0.29) is 5.69 Å². The van der Waals surface area contributed by atoms with Gasteiger partial charge < -0.3 is 14.8 Å². The van der Waals surface area contributed by atoms with Crippen molar-refractivity contribution in [1.29, 1.82) is 0 Å². The van der Waals surface area contributed by atoms with Crippen LogP contribution in [-0.2, 0) is 4.79 Å². The van der Waals surface area contributed by atoms with Crippen molar-refractivity contribution in [3.05, 3.63) is 59.7 Å². The van der Waals surface area contributed by atoms with Crippen LogP contribution in [0.5, 0.6) is 11.5 Å². The first-order chi connectivity index (χ1) is 12.0. The van der Waals surface area contributed by atoms with E-state index in [0.717, 1.165) is 24.6 Å². The number of amides is 1. The lowest BCUT2D eigenvalue weighted by atomic mass is 10.2. The van der Waals surface area contributed by atoms with Crippen LogP contribution in [0.3, 0.4) is 0 Å². The van der Waals surface area contributed by atoms with Crippen LogP contribution in [-0.4, -0.2) is 19.6 Å². The average molecular weight is 347 g/mol. The molecule has 1 N–H and O–H groups in total. The highest BCUT2D eigenvalue weighted by Gasteiger charge is 2.07. The fourth-order valence-corrected chi connectivity index (χ4v) is 2.06. The second-order valence-electron chi connectivity index (χ2n) is 5.21. The first kappa shape index (κ1) is 18.4. The van der Waals surface area contributed by atoms with Crippen LogP contribution >= 0.6 is 0 Å². The molecule has 0 aliphatic heterocycles. The quantitative estimate of drug-likeness (QED) is 0.755. The van der Waals surface area contributed by atoms with Gasteiger partial charge in [-0.05, 0) is 42.3 Å². The van der Waals surface area contributed by atoms with Crippen LogP contribution in [0.1, 0.15) is 18.9 Å². The second kappa shape index (κ2) is 8.82. The lowest BCUT2D eigenvalue weighted by Crippen LogP contribution is -2.09. The summed E-state index contributed by atoms with van der Waals surface area (Å²) < 4.78 is 37.4. The van der Waals surface area contributed by atoms with Gasteiger partial charge in [0.25, 0.3) is 0 Å². The third kappa shape index (κ3) is 5.31. The van der Waals surface area contributed by atoms with Gasteiger partial charge >= 0.3 is 0 Å². The van der Waals surface area contributed by atoms with E-state index in [4.69, 9.17) is 9.47 Å². The molecule has 0 aliphatic carbocycles. The maximum Gasteiger partial charge on any atom is 0.248 e. The summed E-state index contributed by atoms with van der Waals surface area (Å²) in [6.07, 6.45) is 3.64. The first-order valence-electron chi connectivity index (χ1n) is 7.78. The number of ether oxygens (including phenoxy) is 2. The van der Waals surface area contributed by atoms with E-state index in [9.17, 15) is 13.6 Å². The van der Waals surface area contributed by atoms with E-state index in [1.807, 2.05) is 6.92 Å². The van der Waals surface area contributed by atoms with Crippen molar-refractivity contribution in [2.45, 2.75) is 13.3 Å². The zero-order valence-corrected chi connectivity index (χ0v) is 14.0. The SMILES string of the molecule is CCCOc1ccc(C=CC(=O)Nc2cc(F)ccc2F)cc1OC. The topological polar surface area (TPSA) is 47.6 Å². The highest BCUT2D eigenvalue weighted by Crippen LogP contribution is 2.28. The molecule has 4 nitrogen and oxygen atoms in total. The Labute approximate surface area is 145 Å². The van der Waals surface area contributed by atoms with E-state index < -0.39 is 17.5 Å². The van der Waals surface area contributed by atoms with Crippen LogP contribution in [0, 0.1) is 11.6 Å². The molecule has 2 aromatic carbocycles. The number of hydrogen-bond acceptors (Lipinski definition) is 3. The molecule has 1 amide bonds. The van der Waals surface area contributed by atoms with Gasteiger partial charge in [0.15, 0.2) is 11.5 Å². The van der Waals surface area contributed by atoms with Crippen molar-refractivity contribution >= 4 is 17.7 Å². The lowest BCUT2D eigenvalue weighted by molar-refractivity contribution is -0.111. The lowest BCUT2D eigenvalue weighted by Gasteiger charge is -2.10. The van der Waals surface area contributed by atoms with Gasteiger partial charge in [0.2, 0.25) is 5.91 Å². The molecule has 0 saturated carbocycles. The number of nitrogens with one attached hydrogen (secondary N) is 1. The van der Waals surface area contributed by atoms with E-state index >= 15 is 0 Å². The van der Waals surface area contributed by atoms with Crippen LogP contribution in [0.4, 0.5) is 14.5 Å². The van der Waals surface area contributed by atoms with E-state index in [0.29, 0.717) is 23.7 Å². The van der Waals surface area contributed by atoms with Gasteiger partial charge in [-0.3, -0.25) is 4.79 Å². The Morgan fingerprint density at radius 3 is 2.68 bits per heavy atom. The maximum absolute atomic E-state index is 13.5. The molecule has 25 heavy (non-hydrogen) atoms. The standard InChI is InChI=1S/C19H19F2NO3/c1-3-10-25-17-8-4-13(11-18(17)24-2)5-9-19(23)22-16-12-14(20)6-7-15(16)21/h4-9,11-12H,3,10H2,1-2H3,(H,22,23). The molecule has 6 heteroatoms. The highest BCUT2D eigenvalue weighted by molar-refractivity contribution is 6.02. The summed E-state index contributed by atoms with van der Waals surface area (Å²) in [7, 11) is 1.53. The number of hydrogen-bond donors (Lipinski definition) is 1. The highest BCUT2D eigenvalue weighted by atomic mass is 19.1. The van der Waals surface area contributed by atoms with Crippen LogP contribution < -0.4 is 14.8 Å². The Hall–Kier alpha value is -2.89. The van der Waals surface area contributed by atoms with E-state index in [1.54, 1.807) is 24.3 Å².